The third-order valence-electron chi connectivity index (χ3n) is 4.64. The van der Waals surface area contributed by atoms with Crippen molar-refractivity contribution in [2.24, 2.45) is 16.7 Å². The van der Waals surface area contributed by atoms with E-state index in [-0.39, 0.29) is 22.8 Å². The molecule has 1 aliphatic carbocycles. The quantitative estimate of drug-likeness (QED) is 0.575. The molecule has 21 heavy (non-hydrogen) atoms. The minimum Gasteiger partial charge on any atom is -0.465 e. The average Bonchev–Trinajstić information content (AvgIpc) is 2.35. The molecule has 1 aliphatic rings. The summed E-state index contributed by atoms with van der Waals surface area (Å²) in [4.78, 5) is 22.3. The lowest BCUT2D eigenvalue weighted by Gasteiger charge is -2.48. The van der Waals surface area contributed by atoms with E-state index in [2.05, 4.69) is 20.4 Å². The summed E-state index contributed by atoms with van der Waals surface area (Å²) in [5.74, 6) is -0.264. The zero-order valence-corrected chi connectivity index (χ0v) is 14.0. The lowest BCUT2D eigenvalue weighted by atomic mass is 9.58. The van der Waals surface area contributed by atoms with E-state index in [1.807, 2.05) is 6.92 Å². The minimum atomic E-state index is -0.297. The van der Waals surface area contributed by atoms with Gasteiger partial charge in [-0.05, 0) is 37.5 Å². The van der Waals surface area contributed by atoms with Crippen LogP contribution in [0, 0.1) is 16.7 Å². The Kier molecular flexibility index (Phi) is 5.60. The Morgan fingerprint density at radius 3 is 1.90 bits per heavy atom. The van der Waals surface area contributed by atoms with E-state index in [1.54, 1.807) is 0 Å². The van der Waals surface area contributed by atoms with Gasteiger partial charge in [-0.3, -0.25) is 9.59 Å². The topological polar surface area (TPSA) is 52.6 Å². The van der Waals surface area contributed by atoms with Crippen molar-refractivity contribution in [3.8, 4) is 0 Å². The van der Waals surface area contributed by atoms with Crippen LogP contribution < -0.4 is 0 Å². The van der Waals surface area contributed by atoms with Crippen LogP contribution in [0.2, 0.25) is 0 Å². The van der Waals surface area contributed by atoms with Gasteiger partial charge in [0.1, 0.15) is 13.2 Å². The fourth-order valence-corrected chi connectivity index (χ4v) is 3.23. The molecule has 0 radical (unpaired) electrons. The van der Waals surface area contributed by atoms with Crippen LogP contribution in [-0.2, 0) is 19.1 Å². The number of esters is 2. The van der Waals surface area contributed by atoms with Gasteiger partial charge in [0.2, 0.25) is 0 Å². The van der Waals surface area contributed by atoms with Gasteiger partial charge < -0.3 is 9.47 Å². The van der Waals surface area contributed by atoms with Crippen molar-refractivity contribution >= 4 is 11.9 Å². The Hall–Kier alpha value is -1.32. The molecule has 120 valence electrons. The van der Waals surface area contributed by atoms with Crippen molar-refractivity contribution < 1.29 is 19.1 Å². The highest BCUT2D eigenvalue weighted by Crippen LogP contribution is 2.51. The molecule has 1 atom stereocenters. The van der Waals surface area contributed by atoms with E-state index < -0.39 is 0 Å². The third-order valence-corrected chi connectivity index (χ3v) is 4.64. The second-order valence-corrected chi connectivity index (χ2v) is 7.15. The lowest BCUT2D eigenvalue weighted by Crippen LogP contribution is -2.44. The van der Waals surface area contributed by atoms with Crippen molar-refractivity contribution in [3.63, 3.8) is 0 Å². The predicted molar refractivity (Wildman–Crippen MR) is 81.6 cm³/mol. The molecule has 0 N–H and O–H groups in total. The van der Waals surface area contributed by atoms with Gasteiger partial charge in [0.25, 0.3) is 0 Å². The van der Waals surface area contributed by atoms with Crippen molar-refractivity contribution in [1.82, 2.24) is 0 Å². The first-order valence-electron chi connectivity index (χ1n) is 7.50. The number of ether oxygens (including phenoxy) is 2. The molecule has 0 aromatic rings. The summed E-state index contributed by atoms with van der Waals surface area (Å²) in [7, 11) is 0. The van der Waals surface area contributed by atoms with Gasteiger partial charge in [-0.1, -0.05) is 26.0 Å². The molecule has 4 heteroatoms. The molecule has 0 aromatic heterocycles. The Balaban J connectivity index is 2.93. The smallest absolute Gasteiger partial charge is 0.302 e. The SMILES string of the molecule is C=C(C)C1CC(COC(C)=O)(COC(C)=O)CCC1(C)C. The van der Waals surface area contributed by atoms with Gasteiger partial charge >= 0.3 is 11.9 Å². The zero-order valence-electron chi connectivity index (χ0n) is 14.0. The van der Waals surface area contributed by atoms with Crippen LogP contribution in [0.3, 0.4) is 0 Å². The normalized spacial score (nSPS) is 23.2. The molecule has 0 saturated heterocycles. The van der Waals surface area contributed by atoms with Crippen LogP contribution in [0.1, 0.15) is 53.9 Å². The summed E-state index contributed by atoms with van der Waals surface area (Å²) in [5.41, 5.74) is 1.01. The molecule has 0 amide bonds. The summed E-state index contributed by atoms with van der Waals surface area (Å²) in [6.45, 7) is 14.1. The second-order valence-electron chi connectivity index (χ2n) is 7.15. The number of rotatable bonds is 5. The first-order valence-corrected chi connectivity index (χ1v) is 7.50. The molecule has 0 bridgehead atoms. The maximum Gasteiger partial charge on any atom is 0.302 e. The first-order chi connectivity index (χ1) is 9.58. The predicted octanol–water partition coefficient (Wildman–Crippen LogP) is 3.50. The van der Waals surface area contributed by atoms with Gasteiger partial charge in [0, 0.05) is 19.3 Å². The Labute approximate surface area is 127 Å². The molecule has 0 heterocycles. The summed E-state index contributed by atoms with van der Waals surface area (Å²) in [6.07, 6.45) is 2.70. The molecular formula is C17H28O4. The summed E-state index contributed by atoms with van der Waals surface area (Å²) >= 11 is 0. The fourth-order valence-electron chi connectivity index (χ4n) is 3.23. The molecule has 1 fully saturated rings. The maximum atomic E-state index is 11.2. The summed E-state index contributed by atoms with van der Waals surface area (Å²) in [6, 6.07) is 0. The fraction of sp³-hybridized carbons (Fsp3) is 0.765. The second kappa shape index (κ2) is 6.63. The van der Waals surface area contributed by atoms with Gasteiger partial charge in [0.05, 0.1) is 0 Å². The molecule has 1 unspecified atom stereocenters. The van der Waals surface area contributed by atoms with Crippen LogP contribution in [0.15, 0.2) is 12.2 Å². The van der Waals surface area contributed by atoms with Crippen LogP contribution in [0.25, 0.3) is 0 Å². The molecule has 0 aromatic carbocycles. The zero-order chi connectivity index (χ0) is 16.3. The van der Waals surface area contributed by atoms with Crippen LogP contribution in [0.5, 0.6) is 0 Å². The van der Waals surface area contributed by atoms with Crippen molar-refractivity contribution in [3.05, 3.63) is 12.2 Å². The van der Waals surface area contributed by atoms with Gasteiger partial charge in [0.15, 0.2) is 0 Å². The highest BCUT2D eigenvalue weighted by atomic mass is 16.5. The highest BCUT2D eigenvalue weighted by Gasteiger charge is 2.46. The average molecular weight is 296 g/mol. The number of carbonyl (C=O) groups is 2. The molecule has 4 nitrogen and oxygen atoms in total. The summed E-state index contributed by atoms with van der Waals surface area (Å²) < 4.78 is 10.5. The van der Waals surface area contributed by atoms with Gasteiger partial charge in [-0.2, -0.15) is 0 Å². The Morgan fingerprint density at radius 1 is 1.05 bits per heavy atom. The van der Waals surface area contributed by atoms with E-state index >= 15 is 0 Å². The van der Waals surface area contributed by atoms with Crippen molar-refractivity contribution in [2.75, 3.05) is 13.2 Å². The molecule has 0 aliphatic heterocycles. The Morgan fingerprint density at radius 2 is 1.52 bits per heavy atom. The van der Waals surface area contributed by atoms with Gasteiger partial charge in [-0.25, -0.2) is 0 Å². The van der Waals surface area contributed by atoms with Crippen molar-refractivity contribution in [1.29, 1.82) is 0 Å². The summed E-state index contributed by atoms with van der Waals surface area (Å²) in [5, 5.41) is 0. The van der Waals surface area contributed by atoms with Crippen LogP contribution >= 0.6 is 0 Å². The molecular weight excluding hydrogens is 268 g/mol. The largest absolute Gasteiger partial charge is 0.465 e. The van der Waals surface area contributed by atoms with E-state index in [9.17, 15) is 9.59 Å². The molecule has 1 saturated carbocycles. The Bertz CT molecular complexity index is 405. The number of carbonyl (C=O) groups excluding carboxylic acids is 2. The van der Waals surface area contributed by atoms with E-state index in [1.165, 1.54) is 13.8 Å². The standard InChI is InChI=1S/C17H28O4/c1-12(2)15-9-17(10-20-13(3)18,11-21-14(4)19)8-7-16(15,5)6/h15H,1,7-11H2,2-6H3. The molecule has 1 rings (SSSR count). The van der Waals surface area contributed by atoms with Crippen molar-refractivity contribution in [2.45, 2.75) is 53.9 Å². The number of hydrogen-bond donors (Lipinski definition) is 0. The number of hydrogen-bond acceptors (Lipinski definition) is 4. The first kappa shape index (κ1) is 17.7. The minimum absolute atomic E-state index is 0.168. The van der Waals surface area contributed by atoms with Crippen LogP contribution in [-0.4, -0.2) is 25.2 Å². The number of allylic oxidation sites excluding steroid dienone is 1. The molecule has 0 spiro atoms. The third kappa shape index (κ3) is 4.87. The van der Waals surface area contributed by atoms with E-state index in [0.717, 1.165) is 24.8 Å². The lowest BCUT2D eigenvalue weighted by molar-refractivity contribution is -0.155. The monoisotopic (exact) mass is 296 g/mol. The van der Waals surface area contributed by atoms with E-state index in [4.69, 9.17) is 9.47 Å². The van der Waals surface area contributed by atoms with E-state index in [0.29, 0.717) is 19.1 Å². The van der Waals surface area contributed by atoms with Gasteiger partial charge in [-0.15, -0.1) is 0 Å². The maximum absolute atomic E-state index is 11.2. The van der Waals surface area contributed by atoms with Crippen LogP contribution in [0.4, 0.5) is 0 Å². The highest BCUT2D eigenvalue weighted by molar-refractivity contribution is 5.66.